The second-order valence-corrected chi connectivity index (χ2v) is 8.45. The molecular formula is C24H32N4O4. The van der Waals surface area contributed by atoms with Crippen molar-refractivity contribution in [3.05, 3.63) is 47.8 Å². The highest BCUT2D eigenvalue weighted by atomic mass is 16.5. The molecule has 0 aliphatic carbocycles. The molecule has 32 heavy (non-hydrogen) atoms. The van der Waals surface area contributed by atoms with E-state index in [1.54, 1.807) is 4.68 Å². The number of carbonyl (C=O) groups excluding carboxylic acids is 2. The van der Waals surface area contributed by atoms with Crippen LogP contribution in [0.2, 0.25) is 0 Å². The number of likely N-dealkylation sites (tertiary alicyclic amines) is 1. The van der Waals surface area contributed by atoms with Gasteiger partial charge >= 0.3 is 0 Å². The third-order valence-corrected chi connectivity index (χ3v) is 6.28. The van der Waals surface area contributed by atoms with Gasteiger partial charge in [-0.1, -0.05) is 18.2 Å². The first-order valence-corrected chi connectivity index (χ1v) is 11.5. The maximum Gasteiger partial charge on any atom is 0.257 e. The molecule has 0 unspecified atom stereocenters. The molecule has 0 saturated carbocycles. The Morgan fingerprint density at radius 2 is 1.88 bits per heavy atom. The van der Waals surface area contributed by atoms with Crippen LogP contribution in [0.5, 0.6) is 5.75 Å². The van der Waals surface area contributed by atoms with Crippen molar-refractivity contribution in [3.63, 3.8) is 0 Å². The molecule has 8 nitrogen and oxygen atoms in total. The Kier molecular flexibility index (Phi) is 7.09. The first-order chi connectivity index (χ1) is 15.5. The van der Waals surface area contributed by atoms with E-state index in [4.69, 9.17) is 9.47 Å². The number of aryl methyl sites for hydroxylation is 2. The predicted octanol–water partition coefficient (Wildman–Crippen LogP) is 2.37. The minimum absolute atomic E-state index is 0.0239. The average molecular weight is 441 g/mol. The van der Waals surface area contributed by atoms with Gasteiger partial charge in [0.05, 0.1) is 24.5 Å². The number of aromatic nitrogens is 2. The number of hydrogen-bond acceptors (Lipinski definition) is 5. The Bertz CT molecular complexity index is 923. The Morgan fingerprint density at radius 1 is 1.12 bits per heavy atom. The smallest absolute Gasteiger partial charge is 0.257 e. The van der Waals surface area contributed by atoms with Gasteiger partial charge in [-0.15, -0.1) is 0 Å². The number of benzene rings is 1. The van der Waals surface area contributed by atoms with Crippen molar-refractivity contribution >= 4 is 11.8 Å². The van der Waals surface area contributed by atoms with Crippen LogP contribution in [0.3, 0.4) is 0 Å². The van der Waals surface area contributed by atoms with Crippen LogP contribution in [-0.2, 0) is 16.1 Å². The summed E-state index contributed by atoms with van der Waals surface area (Å²) in [6.07, 6.45) is 2.74. The van der Waals surface area contributed by atoms with Crippen molar-refractivity contribution in [3.8, 4) is 5.75 Å². The van der Waals surface area contributed by atoms with Crippen LogP contribution in [0, 0.1) is 12.8 Å². The standard InChI is InChI=1S/C24H32N4O4/c1-3-28-17-21(18(2)25-28)24(30)27-10-9-22(32-20-7-5-4-6-8-20)19(16-27)15-23(29)26-11-13-31-14-12-26/h4-8,17,19,22H,3,9-16H2,1-2H3/t19-,22-/m0/s1. The molecular weight excluding hydrogens is 408 g/mol. The van der Waals surface area contributed by atoms with Gasteiger partial charge in [0.2, 0.25) is 5.91 Å². The van der Waals surface area contributed by atoms with Crippen LogP contribution >= 0.6 is 0 Å². The average Bonchev–Trinajstić information content (AvgIpc) is 3.21. The van der Waals surface area contributed by atoms with Crippen molar-refractivity contribution in [1.29, 1.82) is 0 Å². The van der Waals surface area contributed by atoms with Gasteiger partial charge in [-0.05, 0) is 26.0 Å². The maximum absolute atomic E-state index is 13.3. The molecule has 1 aromatic carbocycles. The highest BCUT2D eigenvalue weighted by Gasteiger charge is 2.36. The molecule has 4 rings (SSSR count). The number of rotatable bonds is 6. The van der Waals surface area contributed by atoms with E-state index in [0.29, 0.717) is 57.8 Å². The van der Waals surface area contributed by atoms with Crippen LogP contribution in [0.4, 0.5) is 0 Å². The summed E-state index contributed by atoms with van der Waals surface area (Å²) >= 11 is 0. The molecule has 3 heterocycles. The summed E-state index contributed by atoms with van der Waals surface area (Å²) in [4.78, 5) is 30.0. The lowest BCUT2D eigenvalue weighted by Gasteiger charge is -2.39. The fourth-order valence-electron chi connectivity index (χ4n) is 4.45. The minimum atomic E-state index is -0.120. The number of ether oxygens (including phenoxy) is 2. The molecule has 2 fully saturated rings. The maximum atomic E-state index is 13.3. The molecule has 0 bridgehead atoms. The lowest BCUT2D eigenvalue weighted by molar-refractivity contribution is -0.137. The van der Waals surface area contributed by atoms with Crippen molar-refractivity contribution < 1.29 is 19.1 Å². The third kappa shape index (κ3) is 5.12. The number of amides is 2. The van der Waals surface area contributed by atoms with Gasteiger partial charge < -0.3 is 19.3 Å². The van der Waals surface area contributed by atoms with E-state index in [9.17, 15) is 9.59 Å². The first-order valence-electron chi connectivity index (χ1n) is 11.5. The van der Waals surface area contributed by atoms with E-state index in [1.807, 2.05) is 60.2 Å². The lowest BCUT2D eigenvalue weighted by Crippen LogP contribution is -2.50. The fourth-order valence-corrected chi connectivity index (χ4v) is 4.45. The number of para-hydroxylation sites is 1. The second kappa shape index (κ2) is 10.2. The molecule has 2 aliphatic rings. The fraction of sp³-hybridized carbons (Fsp3) is 0.542. The van der Waals surface area contributed by atoms with Gasteiger partial charge in [-0.25, -0.2) is 0 Å². The summed E-state index contributed by atoms with van der Waals surface area (Å²) in [5, 5.41) is 4.42. The van der Waals surface area contributed by atoms with Gasteiger partial charge in [0.15, 0.2) is 0 Å². The number of piperidine rings is 1. The van der Waals surface area contributed by atoms with Crippen molar-refractivity contribution in [2.24, 2.45) is 5.92 Å². The molecule has 2 aromatic rings. The van der Waals surface area contributed by atoms with E-state index >= 15 is 0 Å². The van der Waals surface area contributed by atoms with Gasteiger partial charge in [-0.2, -0.15) is 5.10 Å². The summed E-state index contributed by atoms with van der Waals surface area (Å²) < 4.78 is 13.5. The van der Waals surface area contributed by atoms with E-state index in [2.05, 4.69) is 5.10 Å². The Labute approximate surface area is 189 Å². The van der Waals surface area contributed by atoms with Crippen LogP contribution in [0.25, 0.3) is 0 Å². The zero-order chi connectivity index (χ0) is 22.5. The largest absolute Gasteiger partial charge is 0.490 e. The van der Waals surface area contributed by atoms with Crippen molar-refractivity contribution in [1.82, 2.24) is 19.6 Å². The van der Waals surface area contributed by atoms with Gasteiger partial charge in [0.25, 0.3) is 5.91 Å². The normalized spacial score (nSPS) is 21.4. The summed E-state index contributed by atoms with van der Waals surface area (Å²) in [7, 11) is 0. The zero-order valence-corrected chi connectivity index (χ0v) is 18.9. The highest BCUT2D eigenvalue weighted by molar-refractivity contribution is 5.95. The van der Waals surface area contributed by atoms with Gasteiger partial charge in [0.1, 0.15) is 11.9 Å². The Hall–Kier alpha value is -2.87. The van der Waals surface area contributed by atoms with Crippen molar-refractivity contribution in [2.75, 3.05) is 39.4 Å². The van der Waals surface area contributed by atoms with Gasteiger partial charge in [0, 0.05) is 57.7 Å². The van der Waals surface area contributed by atoms with E-state index in [0.717, 1.165) is 18.0 Å². The van der Waals surface area contributed by atoms with E-state index in [1.165, 1.54) is 0 Å². The van der Waals surface area contributed by atoms with Crippen LogP contribution in [-0.4, -0.2) is 76.9 Å². The second-order valence-electron chi connectivity index (χ2n) is 8.45. The highest BCUT2D eigenvalue weighted by Crippen LogP contribution is 2.27. The molecule has 172 valence electrons. The SMILES string of the molecule is CCn1cc(C(=O)N2CC[C@H](Oc3ccccc3)[C@@H](CC(=O)N3CCOCC3)C2)c(C)n1. The van der Waals surface area contributed by atoms with Gasteiger partial charge in [-0.3, -0.25) is 14.3 Å². The number of nitrogens with zero attached hydrogens (tertiary/aromatic N) is 4. The topological polar surface area (TPSA) is 76.9 Å². The monoisotopic (exact) mass is 440 g/mol. The van der Waals surface area contributed by atoms with Crippen LogP contribution in [0.15, 0.2) is 36.5 Å². The van der Waals surface area contributed by atoms with E-state index in [-0.39, 0.29) is 23.8 Å². The molecule has 2 amide bonds. The molecule has 2 aliphatic heterocycles. The van der Waals surface area contributed by atoms with Crippen molar-refractivity contribution in [2.45, 2.75) is 39.3 Å². The Balaban J connectivity index is 1.49. The summed E-state index contributed by atoms with van der Waals surface area (Å²) in [5.41, 5.74) is 1.37. The number of hydrogen-bond donors (Lipinski definition) is 0. The first kappa shape index (κ1) is 22.3. The summed E-state index contributed by atoms with van der Waals surface area (Å²) in [6, 6.07) is 9.69. The van der Waals surface area contributed by atoms with Crippen LogP contribution in [0.1, 0.15) is 35.8 Å². The predicted molar refractivity (Wildman–Crippen MR) is 120 cm³/mol. The zero-order valence-electron chi connectivity index (χ0n) is 18.9. The molecule has 8 heteroatoms. The summed E-state index contributed by atoms with van der Waals surface area (Å²) in [6.45, 7) is 8.06. The summed E-state index contributed by atoms with van der Waals surface area (Å²) in [5.74, 6) is 0.791. The lowest BCUT2D eigenvalue weighted by atomic mass is 9.90. The molecule has 2 saturated heterocycles. The molecule has 0 radical (unpaired) electrons. The molecule has 0 N–H and O–H groups in total. The number of carbonyl (C=O) groups is 2. The minimum Gasteiger partial charge on any atom is -0.490 e. The Morgan fingerprint density at radius 3 is 2.56 bits per heavy atom. The van der Waals surface area contributed by atoms with E-state index < -0.39 is 0 Å². The van der Waals surface area contributed by atoms with Crippen LogP contribution < -0.4 is 4.74 Å². The molecule has 0 spiro atoms. The number of morpholine rings is 1. The third-order valence-electron chi connectivity index (χ3n) is 6.28. The quantitative estimate of drug-likeness (QED) is 0.689. The molecule has 1 aromatic heterocycles. The molecule has 2 atom stereocenters.